The van der Waals surface area contributed by atoms with Gasteiger partial charge in [0.05, 0.1) is 11.3 Å². The molecule has 0 aromatic heterocycles. The first-order valence-electron chi connectivity index (χ1n) is 4.58. The largest absolute Gasteiger partial charge is 0.397 e. The molecule has 1 saturated carbocycles. The van der Waals surface area contributed by atoms with E-state index in [0.29, 0.717) is 6.92 Å². The molecule has 0 aromatic carbocycles. The van der Waals surface area contributed by atoms with Gasteiger partial charge in [0.15, 0.2) is 0 Å². The molecule has 3 atom stereocenters. The summed E-state index contributed by atoms with van der Waals surface area (Å²) in [7, 11) is 0. The monoisotopic (exact) mass is 268 g/mol. The smallest absolute Gasteiger partial charge is 0.171 e. The summed E-state index contributed by atoms with van der Waals surface area (Å²) in [6.45, 7) is 2.76. The molecule has 0 bridgehead atoms. The second-order valence-corrected chi connectivity index (χ2v) is 5.15. The van der Waals surface area contributed by atoms with Crippen LogP contribution in [0.3, 0.4) is 0 Å². The van der Waals surface area contributed by atoms with Crippen LogP contribution in [0.1, 0.15) is 20.8 Å². The third-order valence-electron chi connectivity index (χ3n) is 3.66. The van der Waals surface area contributed by atoms with Gasteiger partial charge in [0.25, 0.3) is 0 Å². The first kappa shape index (κ1) is 13.9. The highest BCUT2D eigenvalue weighted by atomic mass is 35.5. The number of hydrogen-bond donors (Lipinski definition) is 0. The third kappa shape index (κ3) is 1.45. The summed E-state index contributed by atoms with van der Waals surface area (Å²) >= 11 is 5.47. The van der Waals surface area contributed by atoms with E-state index in [1.807, 2.05) is 0 Å². The first-order valence-corrected chi connectivity index (χ1v) is 5.02. The van der Waals surface area contributed by atoms with Crippen molar-refractivity contribution >= 4 is 11.6 Å². The summed E-state index contributed by atoms with van der Waals surface area (Å²) in [6.07, 6.45) is -9.87. The van der Waals surface area contributed by atoms with E-state index in [0.717, 1.165) is 13.8 Å². The average Bonchev–Trinajstić information content (AvgIpc) is 2.43. The Hall–Kier alpha value is -0.130. The number of halogens is 7. The molecule has 1 rings (SSSR count). The molecule has 0 aromatic rings. The minimum absolute atomic E-state index is 0.539. The molecule has 16 heavy (non-hydrogen) atoms. The maximum absolute atomic E-state index is 12.8. The summed E-state index contributed by atoms with van der Waals surface area (Å²) in [5.41, 5.74) is -4.47. The fourth-order valence-electron chi connectivity index (χ4n) is 2.52. The second kappa shape index (κ2) is 3.21. The molecule has 0 aliphatic heterocycles. The molecule has 0 radical (unpaired) electrons. The zero-order valence-electron chi connectivity index (χ0n) is 8.80. The van der Waals surface area contributed by atoms with Gasteiger partial charge >= 0.3 is 12.4 Å². The molecule has 1 aliphatic carbocycles. The molecule has 96 valence electrons. The van der Waals surface area contributed by atoms with Crippen LogP contribution in [0, 0.1) is 16.7 Å². The molecule has 1 fully saturated rings. The lowest BCUT2D eigenvalue weighted by Crippen LogP contribution is -2.43. The molecule has 0 amide bonds. The maximum Gasteiger partial charge on any atom is 0.397 e. The Bertz CT molecular complexity index is 279. The van der Waals surface area contributed by atoms with Crippen LogP contribution in [0.15, 0.2) is 0 Å². The number of hydrogen-bond acceptors (Lipinski definition) is 0. The van der Waals surface area contributed by atoms with Gasteiger partial charge in [0.1, 0.15) is 5.41 Å². The van der Waals surface area contributed by atoms with Gasteiger partial charge in [-0.3, -0.25) is 0 Å². The standard InChI is InChI=1S/C9H11ClF6/c1-4(8(11,12)13)7(9(14,15)16)5(10)6(7,2)3/h4-5H,1-3H3. The highest BCUT2D eigenvalue weighted by molar-refractivity contribution is 6.24. The molecular weight excluding hydrogens is 258 g/mol. The minimum atomic E-state index is -4.96. The molecule has 0 nitrogen and oxygen atoms in total. The van der Waals surface area contributed by atoms with Crippen molar-refractivity contribution in [2.45, 2.75) is 38.5 Å². The van der Waals surface area contributed by atoms with Crippen molar-refractivity contribution < 1.29 is 26.3 Å². The van der Waals surface area contributed by atoms with Gasteiger partial charge in [-0.1, -0.05) is 20.8 Å². The van der Waals surface area contributed by atoms with E-state index in [-0.39, 0.29) is 0 Å². The van der Waals surface area contributed by atoms with Crippen molar-refractivity contribution in [2.75, 3.05) is 0 Å². The Balaban J connectivity index is 3.23. The van der Waals surface area contributed by atoms with Crippen molar-refractivity contribution in [3.05, 3.63) is 0 Å². The number of alkyl halides is 7. The van der Waals surface area contributed by atoms with Crippen molar-refractivity contribution in [1.29, 1.82) is 0 Å². The third-order valence-corrected chi connectivity index (χ3v) is 4.55. The molecule has 0 spiro atoms. The van der Waals surface area contributed by atoms with Crippen LogP contribution in [0.25, 0.3) is 0 Å². The van der Waals surface area contributed by atoms with E-state index < -0.39 is 34.5 Å². The highest BCUT2D eigenvalue weighted by Crippen LogP contribution is 2.78. The highest BCUT2D eigenvalue weighted by Gasteiger charge is 2.87. The minimum Gasteiger partial charge on any atom is -0.171 e. The van der Waals surface area contributed by atoms with E-state index >= 15 is 0 Å². The first-order chi connectivity index (χ1) is 6.81. The van der Waals surface area contributed by atoms with Gasteiger partial charge in [-0.2, -0.15) is 26.3 Å². The Morgan fingerprint density at radius 2 is 1.38 bits per heavy atom. The van der Waals surface area contributed by atoms with Crippen LogP contribution < -0.4 is 0 Å². The molecule has 7 heteroatoms. The quantitative estimate of drug-likeness (QED) is 0.489. The summed E-state index contributed by atoms with van der Waals surface area (Å²) in [6, 6.07) is 0. The van der Waals surface area contributed by atoms with Gasteiger partial charge in [-0.05, 0) is 5.41 Å². The molecule has 0 saturated heterocycles. The van der Waals surface area contributed by atoms with Gasteiger partial charge in [-0.15, -0.1) is 11.6 Å². The van der Waals surface area contributed by atoms with Crippen LogP contribution in [0.4, 0.5) is 26.3 Å². The average molecular weight is 269 g/mol. The van der Waals surface area contributed by atoms with E-state index in [1.165, 1.54) is 0 Å². The van der Waals surface area contributed by atoms with E-state index in [2.05, 4.69) is 0 Å². The normalized spacial score (nSPS) is 36.0. The van der Waals surface area contributed by atoms with Gasteiger partial charge < -0.3 is 0 Å². The fraction of sp³-hybridized carbons (Fsp3) is 1.00. The van der Waals surface area contributed by atoms with E-state index in [1.54, 1.807) is 0 Å². The van der Waals surface area contributed by atoms with Crippen LogP contribution in [-0.2, 0) is 0 Å². The van der Waals surface area contributed by atoms with Crippen LogP contribution in [0.5, 0.6) is 0 Å². The lowest BCUT2D eigenvalue weighted by atomic mass is 9.82. The van der Waals surface area contributed by atoms with Gasteiger partial charge in [0, 0.05) is 0 Å². The summed E-state index contributed by atoms with van der Waals surface area (Å²) in [5.74, 6) is -2.50. The van der Waals surface area contributed by atoms with Crippen molar-refractivity contribution in [1.82, 2.24) is 0 Å². The zero-order valence-corrected chi connectivity index (χ0v) is 9.56. The van der Waals surface area contributed by atoms with Crippen molar-refractivity contribution in [3.8, 4) is 0 Å². The maximum atomic E-state index is 12.8. The lowest BCUT2D eigenvalue weighted by Gasteiger charge is -2.31. The Labute approximate surface area is 93.9 Å². The van der Waals surface area contributed by atoms with Crippen LogP contribution >= 0.6 is 11.6 Å². The van der Waals surface area contributed by atoms with Gasteiger partial charge in [0.2, 0.25) is 0 Å². The van der Waals surface area contributed by atoms with Crippen molar-refractivity contribution in [3.63, 3.8) is 0 Å². The van der Waals surface area contributed by atoms with E-state index in [4.69, 9.17) is 11.6 Å². The lowest BCUT2D eigenvalue weighted by molar-refractivity contribution is -0.270. The topological polar surface area (TPSA) is 0 Å². The Morgan fingerprint density at radius 1 is 1.06 bits per heavy atom. The second-order valence-electron chi connectivity index (χ2n) is 4.71. The Morgan fingerprint density at radius 3 is 1.44 bits per heavy atom. The SMILES string of the molecule is CC(C(F)(F)F)C1(C(F)(F)F)C(Cl)C1(C)C. The molecular formula is C9H11ClF6. The summed E-state index contributed by atoms with van der Waals surface area (Å²) < 4.78 is 75.9. The van der Waals surface area contributed by atoms with Crippen LogP contribution in [-0.4, -0.2) is 17.7 Å². The summed E-state index contributed by atoms with van der Waals surface area (Å²) in [5, 5.41) is -1.54. The van der Waals surface area contributed by atoms with Gasteiger partial charge in [-0.25, -0.2) is 0 Å². The predicted octanol–water partition coefficient (Wildman–Crippen LogP) is 4.38. The van der Waals surface area contributed by atoms with Crippen LogP contribution in [0.2, 0.25) is 0 Å². The predicted molar refractivity (Wildman–Crippen MR) is 47.1 cm³/mol. The Kier molecular flexibility index (Phi) is 2.79. The molecule has 1 aliphatic rings. The summed E-state index contributed by atoms with van der Waals surface area (Å²) in [4.78, 5) is 0. The van der Waals surface area contributed by atoms with Crippen molar-refractivity contribution in [2.24, 2.45) is 16.7 Å². The molecule has 0 N–H and O–H groups in total. The number of rotatable bonds is 1. The molecule has 3 unspecified atom stereocenters. The zero-order chi connectivity index (χ0) is 13.2. The fourth-order valence-corrected chi connectivity index (χ4v) is 3.23. The molecule has 0 heterocycles. The van der Waals surface area contributed by atoms with E-state index in [9.17, 15) is 26.3 Å².